The fourth-order valence-corrected chi connectivity index (χ4v) is 7.05. The number of Topliss-reactive ketones (excluding diaryl/α,β-unsaturated/α-hetero) is 2. The number of allylic oxidation sites excluding steroid dienone is 1. The third-order valence-corrected chi connectivity index (χ3v) is 8.14. The standard InChI is InChI=1S/C21H28O3/c1-12(22)16-6-7-17-15-5-4-13-10-14(23)8-9-20(13,2)19(15)18(24)11-21(16,17)3/h10,15-17,19H,4-9,11H2,1-3H3/t15-,16+,17?,19?,20-,21+/m0/s1. The Morgan fingerprint density at radius 1 is 1.12 bits per heavy atom. The fourth-order valence-electron chi connectivity index (χ4n) is 7.05. The van der Waals surface area contributed by atoms with E-state index in [4.69, 9.17) is 0 Å². The van der Waals surface area contributed by atoms with E-state index in [1.165, 1.54) is 5.57 Å². The lowest BCUT2D eigenvalue weighted by atomic mass is 9.46. The van der Waals surface area contributed by atoms with E-state index >= 15 is 0 Å². The van der Waals surface area contributed by atoms with Gasteiger partial charge < -0.3 is 0 Å². The molecule has 3 fully saturated rings. The van der Waals surface area contributed by atoms with Crippen LogP contribution in [-0.2, 0) is 14.4 Å². The number of carbonyl (C=O) groups excluding carboxylic acids is 3. The van der Waals surface area contributed by atoms with Crippen LogP contribution in [0.25, 0.3) is 0 Å². The first-order chi connectivity index (χ1) is 11.3. The molecule has 0 radical (unpaired) electrons. The Bertz CT molecular complexity index is 660. The second-order valence-electron chi connectivity index (χ2n) is 9.23. The van der Waals surface area contributed by atoms with Crippen molar-refractivity contribution in [3.63, 3.8) is 0 Å². The van der Waals surface area contributed by atoms with E-state index in [2.05, 4.69) is 13.8 Å². The van der Waals surface area contributed by atoms with Crippen LogP contribution in [0.15, 0.2) is 11.6 Å². The Morgan fingerprint density at radius 2 is 1.88 bits per heavy atom. The third kappa shape index (κ3) is 1.99. The smallest absolute Gasteiger partial charge is 0.155 e. The van der Waals surface area contributed by atoms with Crippen LogP contribution in [0.4, 0.5) is 0 Å². The van der Waals surface area contributed by atoms with E-state index in [0.29, 0.717) is 30.5 Å². The maximum Gasteiger partial charge on any atom is 0.155 e. The van der Waals surface area contributed by atoms with Gasteiger partial charge in [-0.15, -0.1) is 0 Å². The summed E-state index contributed by atoms with van der Waals surface area (Å²) >= 11 is 0. The molecule has 0 spiro atoms. The molecule has 3 heteroatoms. The molecule has 4 aliphatic carbocycles. The van der Waals surface area contributed by atoms with Crippen molar-refractivity contribution in [1.29, 1.82) is 0 Å². The number of ketones is 3. The summed E-state index contributed by atoms with van der Waals surface area (Å²) in [4.78, 5) is 37.3. The Labute approximate surface area is 144 Å². The molecule has 6 atom stereocenters. The minimum atomic E-state index is -0.133. The molecule has 0 saturated heterocycles. The van der Waals surface area contributed by atoms with Gasteiger partial charge in [0.15, 0.2) is 5.78 Å². The van der Waals surface area contributed by atoms with Gasteiger partial charge >= 0.3 is 0 Å². The number of rotatable bonds is 1. The summed E-state index contributed by atoms with van der Waals surface area (Å²) in [5.74, 6) is 1.86. The van der Waals surface area contributed by atoms with Crippen molar-refractivity contribution < 1.29 is 14.4 Å². The SMILES string of the molecule is CC(=O)[C@H]1CCC2[C@@H]3CCC4=CC(=O)CC[C@]4(C)C3C(=O)C[C@@]21C. The molecule has 3 nitrogen and oxygen atoms in total. The highest BCUT2D eigenvalue weighted by atomic mass is 16.1. The largest absolute Gasteiger partial charge is 0.300 e. The molecule has 0 aromatic rings. The van der Waals surface area contributed by atoms with Crippen LogP contribution < -0.4 is 0 Å². The minimum absolute atomic E-state index is 0.0603. The van der Waals surface area contributed by atoms with Gasteiger partial charge in [0.1, 0.15) is 11.6 Å². The number of hydrogen-bond donors (Lipinski definition) is 0. The topological polar surface area (TPSA) is 51.2 Å². The summed E-state index contributed by atoms with van der Waals surface area (Å²) in [6.07, 6.45) is 7.80. The molecule has 0 aromatic heterocycles. The molecular weight excluding hydrogens is 300 g/mol. The van der Waals surface area contributed by atoms with Crippen molar-refractivity contribution in [1.82, 2.24) is 0 Å². The average molecular weight is 328 g/mol. The van der Waals surface area contributed by atoms with Gasteiger partial charge in [0.05, 0.1) is 0 Å². The molecule has 130 valence electrons. The number of hydrogen-bond acceptors (Lipinski definition) is 3. The zero-order valence-electron chi connectivity index (χ0n) is 15.1. The molecule has 0 aromatic carbocycles. The monoisotopic (exact) mass is 328 g/mol. The highest BCUT2D eigenvalue weighted by molar-refractivity contribution is 5.93. The number of fused-ring (bicyclic) bond motifs is 5. The van der Waals surface area contributed by atoms with Gasteiger partial charge in [0.25, 0.3) is 0 Å². The van der Waals surface area contributed by atoms with Crippen molar-refractivity contribution in [2.45, 2.75) is 65.7 Å². The third-order valence-electron chi connectivity index (χ3n) is 8.14. The Morgan fingerprint density at radius 3 is 2.58 bits per heavy atom. The molecule has 2 unspecified atom stereocenters. The summed E-state index contributed by atoms with van der Waals surface area (Å²) in [7, 11) is 0. The van der Waals surface area contributed by atoms with Gasteiger partial charge in [-0.2, -0.15) is 0 Å². The van der Waals surface area contributed by atoms with Crippen LogP contribution in [0, 0.1) is 34.5 Å². The average Bonchev–Trinajstić information content (AvgIpc) is 2.84. The molecule has 4 rings (SSSR count). The molecule has 0 bridgehead atoms. The van der Waals surface area contributed by atoms with Crippen molar-refractivity contribution in [2.24, 2.45) is 34.5 Å². The van der Waals surface area contributed by atoms with Crippen LogP contribution >= 0.6 is 0 Å². The molecule has 4 aliphatic rings. The van der Waals surface area contributed by atoms with Crippen molar-refractivity contribution in [2.75, 3.05) is 0 Å². The highest BCUT2D eigenvalue weighted by Crippen LogP contribution is 2.65. The fraction of sp³-hybridized carbons (Fsp3) is 0.762. The summed E-state index contributed by atoms with van der Waals surface area (Å²) in [6, 6.07) is 0. The predicted molar refractivity (Wildman–Crippen MR) is 91.3 cm³/mol. The minimum Gasteiger partial charge on any atom is -0.300 e. The molecular formula is C21H28O3. The first-order valence-corrected chi connectivity index (χ1v) is 9.54. The lowest BCUT2D eigenvalue weighted by Crippen LogP contribution is -2.55. The van der Waals surface area contributed by atoms with Crippen LogP contribution in [0.1, 0.15) is 65.7 Å². The van der Waals surface area contributed by atoms with Gasteiger partial charge in [-0.3, -0.25) is 14.4 Å². The Hall–Kier alpha value is -1.25. The normalized spacial score (nSPS) is 47.5. The zero-order chi connectivity index (χ0) is 17.3. The zero-order valence-corrected chi connectivity index (χ0v) is 15.1. The first-order valence-electron chi connectivity index (χ1n) is 9.54. The van der Waals surface area contributed by atoms with E-state index in [-0.39, 0.29) is 34.2 Å². The Kier molecular flexibility index (Phi) is 3.47. The van der Waals surface area contributed by atoms with Gasteiger partial charge in [-0.1, -0.05) is 19.4 Å². The van der Waals surface area contributed by atoms with E-state index in [0.717, 1.165) is 32.1 Å². The highest BCUT2D eigenvalue weighted by Gasteiger charge is 2.62. The lowest BCUT2D eigenvalue weighted by molar-refractivity contribution is -0.148. The van der Waals surface area contributed by atoms with Gasteiger partial charge in [-0.05, 0) is 67.8 Å². The van der Waals surface area contributed by atoms with E-state index < -0.39 is 0 Å². The van der Waals surface area contributed by atoms with E-state index in [1.807, 2.05) is 6.08 Å². The van der Waals surface area contributed by atoms with Crippen LogP contribution in [0.3, 0.4) is 0 Å². The van der Waals surface area contributed by atoms with Gasteiger partial charge in [0, 0.05) is 24.7 Å². The molecule has 0 aliphatic heterocycles. The molecule has 24 heavy (non-hydrogen) atoms. The van der Waals surface area contributed by atoms with Crippen LogP contribution in [-0.4, -0.2) is 17.3 Å². The maximum absolute atomic E-state index is 13.3. The second kappa shape index (κ2) is 5.12. The predicted octanol–water partition coefficient (Wildman–Crippen LogP) is 3.90. The Balaban J connectivity index is 1.74. The van der Waals surface area contributed by atoms with Crippen molar-refractivity contribution in [3.05, 3.63) is 11.6 Å². The summed E-state index contributed by atoms with van der Waals surface area (Å²) in [6.45, 7) is 6.12. The van der Waals surface area contributed by atoms with E-state index in [9.17, 15) is 14.4 Å². The molecule has 0 N–H and O–H groups in total. The van der Waals surface area contributed by atoms with Gasteiger partial charge in [0.2, 0.25) is 0 Å². The van der Waals surface area contributed by atoms with Gasteiger partial charge in [-0.25, -0.2) is 0 Å². The summed E-state index contributed by atoms with van der Waals surface area (Å²) in [5.41, 5.74) is 0.966. The van der Waals surface area contributed by atoms with Crippen molar-refractivity contribution >= 4 is 17.3 Å². The summed E-state index contributed by atoms with van der Waals surface area (Å²) in [5, 5.41) is 0. The maximum atomic E-state index is 13.3. The van der Waals surface area contributed by atoms with Crippen LogP contribution in [0.2, 0.25) is 0 Å². The molecule has 0 heterocycles. The molecule has 3 saturated carbocycles. The van der Waals surface area contributed by atoms with E-state index in [1.54, 1.807) is 6.92 Å². The lowest BCUT2D eigenvalue weighted by Gasteiger charge is -2.56. The molecule has 0 amide bonds. The van der Waals surface area contributed by atoms with Crippen LogP contribution in [0.5, 0.6) is 0 Å². The second-order valence-corrected chi connectivity index (χ2v) is 9.23. The first kappa shape index (κ1) is 16.2. The quantitative estimate of drug-likeness (QED) is 0.733. The number of carbonyl (C=O) groups is 3. The summed E-state index contributed by atoms with van der Waals surface area (Å²) < 4.78 is 0. The van der Waals surface area contributed by atoms with Crippen molar-refractivity contribution in [3.8, 4) is 0 Å².